The molecule has 0 aliphatic heterocycles. The van der Waals surface area contributed by atoms with Gasteiger partial charge in [0.1, 0.15) is 0 Å². The number of benzene rings is 3. The quantitative estimate of drug-likeness (QED) is 0.452. The third kappa shape index (κ3) is 6.39. The molecule has 0 aliphatic rings. The van der Waals surface area contributed by atoms with Crippen LogP contribution in [0.1, 0.15) is 27.0 Å². The zero-order chi connectivity index (χ0) is 25.8. The van der Waals surface area contributed by atoms with Crippen molar-refractivity contribution >= 4 is 39.0 Å². The highest BCUT2D eigenvalue weighted by Gasteiger charge is 2.23. The van der Waals surface area contributed by atoms with E-state index in [2.05, 4.69) is 10.0 Å². The van der Waals surface area contributed by atoms with Crippen LogP contribution in [-0.4, -0.2) is 41.0 Å². The molecule has 0 spiro atoms. The summed E-state index contributed by atoms with van der Waals surface area (Å²) in [6.07, 6.45) is 0. The highest BCUT2D eigenvalue weighted by molar-refractivity contribution is 7.92. The third-order valence-electron chi connectivity index (χ3n) is 5.27. The SMILES string of the molecule is Cc1cc(C)c(S(=O)(=O)Nc2ccccc2C(=O)OCC(=O)Nc2ccc(N(C)C)cc2)c(C)c1. The molecule has 0 aromatic heterocycles. The van der Waals surface area contributed by atoms with Crippen molar-refractivity contribution in [1.82, 2.24) is 0 Å². The van der Waals surface area contributed by atoms with Gasteiger partial charge >= 0.3 is 5.97 Å². The highest BCUT2D eigenvalue weighted by atomic mass is 32.2. The van der Waals surface area contributed by atoms with Gasteiger partial charge in [-0.1, -0.05) is 29.8 Å². The van der Waals surface area contributed by atoms with Crippen LogP contribution in [0, 0.1) is 20.8 Å². The largest absolute Gasteiger partial charge is 0.452 e. The zero-order valence-corrected chi connectivity index (χ0v) is 21.2. The molecule has 0 radical (unpaired) electrons. The van der Waals surface area contributed by atoms with Gasteiger partial charge in [0.25, 0.3) is 15.9 Å². The molecule has 0 heterocycles. The van der Waals surface area contributed by atoms with Crippen molar-refractivity contribution in [2.45, 2.75) is 25.7 Å². The summed E-state index contributed by atoms with van der Waals surface area (Å²) in [5.74, 6) is -1.33. The van der Waals surface area contributed by atoms with Crippen LogP contribution >= 0.6 is 0 Å². The molecule has 0 unspecified atom stereocenters. The lowest BCUT2D eigenvalue weighted by molar-refractivity contribution is -0.119. The summed E-state index contributed by atoms with van der Waals surface area (Å²) in [6, 6.07) is 16.9. The fourth-order valence-corrected chi connectivity index (χ4v) is 5.32. The van der Waals surface area contributed by atoms with Crippen molar-refractivity contribution in [2.24, 2.45) is 0 Å². The van der Waals surface area contributed by atoms with Crippen molar-refractivity contribution in [3.05, 3.63) is 82.9 Å². The van der Waals surface area contributed by atoms with E-state index in [1.54, 1.807) is 50.2 Å². The second kappa shape index (κ2) is 10.6. The van der Waals surface area contributed by atoms with Gasteiger partial charge in [-0.3, -0.25) is 9.52 Å². The van der Waals surface area contributed by atoms with E-state index in [0.29, 0.717) is 16.8 Å². The Balaban J connectivity index is 1.70. The van der Waals surface area contributed by atoms with Crippen LogP contribution in [0.2, 0.25) is 0 Å². The number of rotatable bonds is 8. The summed E-state index contributed by atoms with van der Waals surface area (Å²) < 4.78 is 33.9. The molecule has 3 aromatic carbocycles. The van der Waals surface area contributed by atoms with E-state index in [9.17, 15) is 18.0 Å². The molecular weight excluding hydrogens is 466 g/mol. The van der Waals surface area contributed by atoms with E-state index in [1.807, 2.05) is 38.1 Å². The third-order valence-corrected chi connectivity index (χ3v) is 6.94. The molecule has 3 aromatic rings. The normalized spacial score (nSPS) is 11.0. The number of carbonyl (C=O) groups is 2. The van der Waals surface area contributed by atoms with Crippen LogP contribution in [0.25, 0.3) is 0 Å². The minimum absolute atomic E-state index is 0.00151. The first-order valence-corrected chi connectivity index (χ1v) is 12.4. The Hall–Kier alpha value is -3.85. The van der Waals surface area contributed by atoms with Gasteiger partial charge in [0, 0.05) is 25.5 Å². The number of hydrogen-bond acceptors (Lipinski definition) is 6. The van der Waals surface area contributed by atoms with Crippen LogP contribution < -0.4 is 14.9 Å². The summed E-state index contributed by atoms with van der Waals surface area (Å²) in [7, 11) is -0.148. The van der Waals surface area contributed by atoms with Crippen LogP contribution in [0.4, 0.5) is 17.1 Å². The molecule has 0 saturated heterocycles. The molecule has 35 heavy (non-hydrogen) atoms. The Morgan fingerprint density at radius 1 is 0.914 bits per heavy atom. The summed E-state index contributed by atoms with van der Waals surface area (Å²) in [4.78, 5) is 27.0. The maximum atomic E-state index is 13.1. The predicted molar refractivity (Wildman–Crippen MR) is 138 cm³/mol. The van der Waals surface area contributed by atoms with Gasteiger partial charge in [-0.05, 0) is 68.3 Å². The van der Waals surface area contributed by atoms with Crippen LogP contribution in [0.15, 0.2) is 65.6 Å². The van der Waals surface area contributed by atoms with E-state index < -0.39 is 28.5 Å². The van der Waals surface area contributed by atoms with Crippen molar-refractivity contribution in [1.29, 1.82) is 0 Å². The number of sulfonamides is 1. The van der Waals surface area contributed by atoms with Crippen molar-refractivity contribution in [2.75, 3.05) is 35.6 Å². The Morgan fingerprint density at radius 2 is 1.51 bits per heavy atom. The predicted octanol–water partition coefficient (Wildman–Crippen LogP) is 4.27. The highest BCUT2D eigenvalue weighted by Crippen LogP contribution is 2.26. The molecule has 184 valence electrons. The van der Waals surface area contributed by atoms with Crippen molar-refractivity contribution < 1.29 is 22.7 Å². The average molecular weight is 496 g/mol. The first kappa shape index (κ1) is 25.8. The Kier molecular flexibility index (Phi) is 7.81. The summed E-state index contributed by atoms with van der Waals surface area (Å²) >= 11 is 0. The van der Waals surface area contributed by atoms with E-state index in [0.717, 1.165) is 11.3 Å². The molecule has 3 rings (SSSR count). The van der Waals surface area contributed by atoms with Crippen molar-refractivity contribution in [3.8, 4) is 0 Å². The number of aryl methyl sites for hydroxylation is 3. The molecule has 2 N–H and O–H groups in total. The maximum Gasteiger partial charge on any atom is 0.340 e. The molecule has 8 nitrogen and oxygen atoms in total. The molecule has 0 aliphatic carbocycles. The minimum Gasteiger partial charge on any atom is -0.452 e. The van der Waals surface area contributed by atoms with E-state index in [4.69, 9.17) is 4.74 Å². The first-order valence-electron chi connectivity index (χ1n) is 10.9. The Labute approximate surface area is 206 Å². The Morgan fingerprint density at radius 3 is 2.11 bits per heavy atom. The van der Waals surface area contributed by atoms with Crippen molar-refractivity contribution in [3.63, 3.8) is 0 Å². The minimum atomic E-state index is -3.97. The second-order valence-electron chi connectivity index (χ2n) is 8.44. The van der Waals surface area contributed by atoms with E-state index in [-0.39, 0.29) is 16.1 Å². The second-order valence-corrected chi connectivity index (χ2v) is 10.1. The van der Waals surface area contributed by atoms with E-state index in [1.165, 1.54) is 12.1 Å². The number of nitrogens with zero attached hydrogens (tertiary/aromatic N) is 1. The number of para-hydroxylation sites is 1. The number of nitrogens with one attached hydrogen (secondary N) is 2. The summed E-state index contributed by atoms with van der Waals surface area (Å²) in [5, 5.41) is 2.66. The number of hydrogen-bond donors (Lipinski definition) is 2. The topological polar surface area (TPSA) is 105 Å². The lowest BCUT2D eigenvalue weighted by atomic mass is 10.1. The molecular formula is C26H29N3O5S. The molecule has 0 saturated carbocycles. The Bertz CT molecular complexity index is 1330. The summed E-state index contributed by atoms with van der Waals surface area (Å²) in [6.45, 7) is 4.82. The fourth-order valence-electron chi connectivity index (χ4n) is 3.79. The zero-order valence-electron chi connectivity index (χ0n) is 20.4. The average Bonchev–Trinajstić information content (AvgIpc) is 2.77. The lowest BCUT2D eigenvalue weighted by Crippen LogP contribution is -2.22. The van der Waals surface area contributed by atoms with Gasteiger partial charge in [-0.15, -0.1) is 0 Å². The van der Waals surface area contributed by atoms with Gasteiger partial charge < -0.3 is 15.0 Å². The van der Waals surface area contributed by atoms with E-state index >= 15 is 0 Å². The van der Waals surface area contributed by atoms with Gasteiger partial charge in [0.15, 0.2) is 6.61 Å². The first-order chi connectivity index (χ1) is 16.5. The number of esters is 1. The number of amides is 1. The molecule has 0 fully saturated rings. The van der Waals surface area contributed by atoms with Gasteiger partial charge in [-0.25, -0.2) is 13.2 Å². The standard InChI is InChI=1S/C26H29N3O5S/c1-17-14-18(2)25(19(3)15-17)35(32,33)28-23-9-7-6-8-22(23)26(31)34-16-24(30)27-20-10-12-21(13-11-20)29(4)5/h6-15,28H,16H2,1-5H3,(H,27,30). The molecule has 1 amide bonds. The molecule has 0 bridgehead atoms. The van der Waals surface area contributed by atoms with Crippen LogP contribution in [0.3, 0.4) is 0 Å². The fraction of sp³-hybridized carbons (Fsp3) is 0.231. The number of anilines is 3. The number of carbonyl (C=O) groups excluding carboxylic acids is 2. The molecule has 0 atom stereocenters. The monoisotopic (exact) mass is 495 g/mol. The van der Waals surface area contributed by atoms with Crippen LogP contribution in [-0.2, 0) is 19.6 Å². The maximum absolute atomic E-state index is 13.1. The molecule has 9 heteroatoms. The summed E-state index contributed by atoms with van der Waals surface area (Å²) in [5.41, 5.74) is 3.77. The van der Waals surface area contributed by atoms with Gasteiger partial charge in [0.2, 0.25) is 0 Å². The number of ether oxygens (including phenoxy) is 1. The van der Waals surface area contributed by atoms with Gasteiger partial charge in [-0.2, -0.15) is 0 Å². The smallest absolute Gasteiger partial charge is 0.340 e. The lowest BCUT2D eigenvalue weighted by Gasteiger charge is -2.16. The van der Waals surface area contributed by atoms with Crippen LogP contribution in [0.5, 0.6) is 0 Å². The van der Waals surface area contributed by atoms with Gasteiger partial charge in [0.05, 0.1) is 16.1 Å².